The van der Waals surface area contributed by atoms with Crippen molar-refractivity contribution in [3.8, 4) is 0 Å². The molecule has 1 saturated heterocycles. The predicted octanol–water partition coefficient (Wildman–Crippen LogP) is 2.43. The van der Waals surface area contributed by atoms with Crippen LogP contribution in [-0.2, 0) is 4.79 Å². The SMILES string of the molecule is CN(CC(=O)Nc1ccc(F)cc1)C[C@@H]1CCN(C)C1(C)C. The second-order valence-electron chi connectivity index (χ2n) is 6.81. The van der Waals surface area contributed by atoms with Gasteiger partial charge >= 0.3 is 0 Å². The van der Waals surface area contributed by atoms with Crippen molar-refractivity contribution in [3.63, 3.8) is 0 Å². The van der Waals surface area contributed by atoms with E-state index in [1.807, 2.05) is 7.05 Å². The molecule has 1 atom stereocenters. The smallest absolute Gasteiger partial charge is 0.238 e. The summed E-state index contributed by atoms with van der Waals surface area (Å²) in [6, 6.07) is 5.83. The van der Waals surface area contributed by atoms with Crippen LogP contribution in [-0.4, -0.2) is 55.0 Å². The number of likely N-dealkylation sites (N-methyl/N-ethyl adjacent to an activating group) is 1. The molecular weight excluding hydrogens is 281 g/mol. The molecule has 1 aliphatic heterocycles. The van der Waals surface area contributed by atoms with Gasteiger partial charge in [-0.1, -0.05) is 0 Å². The van der Waals surface area contributed by atoms with E-state index >= 15 is 0 Å². The third kappa shape index (κ3) is 4.05. The molecule has 1 fully saturated rings. The molecule has 0 aliphatic carbocycles. The van der Waals surface area contributed by atoms with Gasteiger partial charge in [-0.2, -0.15) is 0 Å². The Balaban J connectivity index is 1.83. The van der Waals surface area contributed by atoms with Crippen LogP contribution in [0.15, 0.2) is 24.3 Å². The fourth-order valence-corrected chi connectivity index (χ4v) is 3.04. The zero-order valence-electron chi connectivity index (χ0n) is 13.9. The van der Waals surface area contributed by atoms with Crippen molar-refractivity contribution < 1.29 is 9.18 Å². The molecule has 0 radical (unpaired) electrons. The van der Waals surface area contributed by atoms with Crippen molar-refractivity contribution >= 4 is 11.6 Å². The third-order valence-electron chi connectivity index (χ3n) is 4.87. The molecule has 0 bridgehead atoms. The van der Waals surface area contributed by atoms with Crippen LogP contribution in [0.1, 0.15) is 20.3 Å². The largest absolute Gasteiger partial charge is 0.325 e. The van der Waals surface area contributed by atoms with Crippen molar-refractivity contribution in [2.75, 3.05) is 39.0 Å². The molecule has 0 unspecified atom stereocenters. The maximum Gasteiger partial charge on any atom is 0.238 e. The molecule has 0 saturated carbocycles. The first-order valence-corrected chi connectivity index (χ1v) is 7.74. The molecule has 22 heavy (non-hydrogen) atoms. The summed E-state index contributed by atoms with van der Waals surface area (Å²) in [5, 5.41) is 2.80. The van der Waals surface area contributed by atoms with Gasteiger partial charge in [0, 0.05) is 17.8 Å². The van der Waals surface area contributed by atoms with Gasteiger partial charge in [0.1, 0.15) is 5.82 Å². The summed E-state index contributed by atoms with van der Waals surface area (Å²) in [5.41, 5.74) is 0.794. The number of carbonyl (C=O) groups excluding carboxylic acids is 1. The molecule has 0 aromatic heterocycles. The number of nitrogens with zero attached hydrogens (tertiary/aromatic N) is 2. The molecule has 1 aliphatic rings. The van der Waals surface area contributed by atoms with Gasteiger partial charge < -0.3 is 10.2 Å². The highest BCUT2D eigenvalue weighted by atomic mass is 19.1. The van der Waals surface area contributed by atoms with Crippen molar-refractivity contribution in [1.82, 2.24) is 9.80 Å². The van der Waals surface area contributed by atoms with E-state index in [1.165, 1.54) is 12.1 Å². The van der Waals surface area contributed by atoms with E-state index < -0.39 is 0 Å². The topological polar surface area (TPSA) is 35.6 Å². The summed E-state index contributed by atoms with van der Waals surface area (Å²) in [6.45, 7) is 6.86. The van der Waals surface area contributed by atoms with Crippen molar-refractivity contribution in [3.05, 3.63) is 30.1 Å². The van der Waals surface area contributed by atoms with E-state index in [4.69, 9.17) is 0 Å². The quantitative estimate of drug-likeness (QED) is 0.907. The lowest BCUT2D eigenvalue weighted by molar-refractivity contribution is -0.117. The number of hydrogen-bond donors (Lipinski definition) is 1. The Morgan fingerprint density at radius 3 is 2.59 bits per heavy atom. The fourth-order valence-electron chi connectivity index (χ4n) is 3.04. The summed E-state index contributed by atoms with van der Waals surface area (Å²) >= 11 is 0. The number of amides is 1. The molecule has 0 spiro atoms. The van der Waals surface area contributed by atoms with Crippen LogP contribution < -0.4 is 5.32 Å². The second-order valence-corrected chi connectivity index (χ2v) is 6.81. The first kappa shape index (κ1) is 16.9. The van der Waals surface area contributed by atoms with E-state index in [0.717, 1.165) is 19.5 Å². The zero-order chi connectivity index (χ0) is 16.3. The maximum absolute atomic E-state index is 12.8. The first-order valence-electron chi connectivity index (χ1n) is 7.74. The average Bonchev–Trinajstić information content (AvgIpc) is 2.68. The second kappa shape index (κ2) is 6.75. The minimum atomic E-state index is -0.303. The highest BCUT2D eigenvalue weighted by Gasteiger charge is 2.39. The predicted molar refractivity (Wildman–Crippen MR) is 87.3 cm³/mol. The molecule has 1 aromatic rings. The van der Waals surface area contributed by atoms with Gasteiger partial charge in [-0.15, -0.1) is 0 Å². The summed E-state index contributed by atoms with van der Waals surface area (Å²) in [6.07, 6.45) is 1.16. The number of benzene rings is 1. The normalized spacial score (nSPS) is 21.3. The summed E-state index contributed by atoms with van der Waals surface area (Å²) < 4.78 is 12.8. The molecule has 1 N–H and O–H groups in total. The number of halogens is 1. The lowest BCUT2D eigenvalue weighted by Crippen LogP contribution is -2.44. The molecule has 1 amide bonds. The van der Waals surface area contributed by atoms with Crippen LogP contribution in [0, 0.1) is 11.7 Å². The Morgan fingerprint density at radius 1 is 1.41 bits per heavy atom. The molecule has 1 aromatic carbocycles. The molecule has 122 valence electrons. The van der Waals surface area contributed by atoms with Gasteiger partial charge in [0.25, 0.3) is 0 Å². The van der Waals surface area contributed by atoms with Crippen molar-refractivity contribution in [2.45, 2.75) is 25.8 Å². The van der Waals surface area contributed by atoms with E-state index in [2.05, 4.69) is 36.0 Å². The molecule has 4 nitrogen and oxygen atoms in total. The number of anilines is 1. The zero-order valence-corrected chi connectivity index (χ0v) is 13.9. The van der Waals surface area contributed by atoms with E-state index in [9.17, 15) is 9.18 Å². The first-order chi connectivity index (χ1) is 10.3. The Morgan fingerprint density at radius 2 is 2.05 bits per heavy atom. The Hall–Kier alpha value is -1.46. The monoisotopic (exact) mass is 307 g/mol. The van der Waals surface area contributed by atoms with Gasteiger partial charge in [0.15, 0.2) is 0 Å². The van der Waals surface area contributed by atoms with Gasteiger partial charge in [-0.05, 0) is 71.1 Å². The van der Waals surface area contributed by atoms with Crippen LogP contribution in [0.2, 0.25) is 0 Å². The Bertz CT molecular complexity index is 515. The lowest BCUT2D eigenvalue weighted by Gasteiger charge is -2.35. The van der Waals surface area contributed by atoms with Gasteiger partial charge in [-0.25, -0.2) is 4.39 Å². The Labute approximate surface area is 132 Å². The summed E-state index contributed by atoms with van der Waals surface area (Å²) in [4.78, 5) is 16.5. The summed E-state index contributed by atoms with van der Waals surface area (Å²) in [7, 11) is 4.12. The minimum absolute atomic E-state index is 0.0711. The molecule has 2 rings (SSSR count). The number of likely N-dealkylation sites (tertiary alicyclic amines) is 1. The van der Waals surface area contributed by atoms with Gasteiger partial charge in [0.05, 0.1) is 6.54 Å². The molecular formula is C17H26FN3O. The summed E-state index contributed by atoms with van der Waals surface area (Å²) in [5.74, 6) is 0.182. The lowest BCUT2D eigenvalue weighted by atomic mass is 9.88. The number of carbonyl (C=O) groups is 1. The van der Waals surface area contributed by atoms with E-state index in [0.29, 0.717) is 18.2 Å². The fraction of sp³-hybridized carbons (Fsp3) is 0.588. The van der Waals surface area contributed by atoms with E-state index in [1.54, 1.807) is 12.1 Å². The molecule has 5 heteroatoms. The average molecular weight is 307 g/mol. The van der Waals surface area contributed by atoms with Crippen LogP contribution >= 0.6 is 0 Å². The highest BCUT2D eigenvalue weighted by Crippen LogP contribution is 2.33. The number of hydrogen-bond acceptors (Lipinski definition) is 3. The minimum Gasteiger partial charge on any atom is -0.325 e. The van der Waals surface area contributed by atoms with Crippen LogP contribution in [0.3, 0.4) is 0 Å². The van der Waals surface area contributed by atoms with Gasteiger partial charge in [0.2, 0.25) is 5.91 Å². The van der Waals surface area contributed by atoms with Crippen LogP contribution in [0.5, 0.6) is 0 Å². The Kier molecular flexibility index (Phi) is 5.19. The van der Waals surface area contributed by atoms with E-state index in [-0.39, 0.29) is 17.3 Å². The third-order valence-corrected chi connectivity index (χ3v) is 4.87. The van der Waals surface area contributed by atoms with Crippen LogP contribution in [0.4, 0.5) is 10.1 Å². The van der Waals surface area contributed by atoms with Crippen molar-refractivity contribution in [1.29, 1.82) is 0 Å². The highest BCUT2D eigenvalue weighted by molar-refractivity contribution is 5.92. The standard InChI is InChI=1S/C17H26FN3O/c1-17(2)13(9-10-21(17)4)11-20(3)12-16(22)19-15-7-5-14(18)6-8-15/h5-8,13H,9-12H2,1-4H3,(H,19,22)/t13-/m0/s1. The molecule has 1 heterocycles. The number of rotatable bonds is 5. The van der Waals surface area contributed by atoms with Gasteiger partial charge in [-0.3, -0.25) is 9.69 Å². The maximum atomic E-state index is 12.8. The number of nitrogens with one attached hydrogen (secondary N) is 1. The van der Waals surface area contributed by atoms with Crippen molar-refractivity contribution in [2.24, 2.45) is 5.92 Å². The van der Waals surface area contributed by atoms with Crippen LogP contribution in [0.25, 0.3) is 0 Å².